The smallest absolute Gasteiger partial charge is 0.328 e. The van der Waals surface area contributed by atoms with E-state index in [0.29, 0.717) is 35.8 Å². The number of nitrogens with one attached hydrogen (secondary N) is 1. The van der Waals surface area contributed by atoms with Crippen LogP contribution in [0.5, 0.6) is 5.75 Å². The van der Waals surface area contributed by atoms with E-state index in [9.17, 15) is 14.4 Å². The first-order valence-electron chi connectivity index (χ1n) is 12.8. The van der Waals surface area contributed by atoms with E-state index in [4.69, 9.17) is 9.47 Å². The molecular weight excluding hydrogens is 418 g/mol. The van der Waals surface area contributed by atoms with Crippen molar-refractivity contribution in [1.29, 1.82) is 0 Å². The fourth-order valence-corrected chi connectivity index (χ4v) is 6.54. The third-order valence-corrected chi connectivity index (χ3v) is 8.36. The van der Waals surface area contributed by atoms with Crippen molar-refractivity contribution in [3.8, 4) is 5.75 Å². The Labute approximate surface area is 195 Å². The van der Waals surface area contributed by atoms with Crippen molar-refractivity contribution < 1.29 is 23.9 Å². The van der Waals surface area contributed by atoms with Crippen LogP contribution >= 0.6 is 0 Å². The van der Waals surface area contributed by atoms with Gasteiger partial charge in [-0.3, -0.25) is 9.59 Å². The monoisotopic (exact) mass is 453 g/mol. The van der Waals surface area contributed by atoms with E-state index in [-0.39, 0.29) is 30.3 Å². The van der Waals surface area contributed by atoms with Gasteiger partial charge in [0.2, 0.25) is 5.91 Å². The molecule has 0 aromatic heterocycles. The van der Waals surface area contributed by atoms with E-state index in [2.05, 4.69) is 5.32 Å². The topological polar surface area (TPSA) is 81.7 Å². The zero-order valence-corrected chi connectivity index (χ0v) is 19.5. The highest BCUT2D eigenvalue weighted by atomic mass is 16.5. The molecule has 1 N–H and O–H groups in total. The molecular formula is C27H35NO5. The summed E-state index contributed by atoms with van der Waals surface area (Å²) in [6, 6.07) is 6.57. The molecule has 6 heteroatoms. The summed E-state index contributed by atoms with van der Waals surface area (Å²) in [6.07, 6.45) is 9.73. The molecule has 0 aliphatic heterocycles. The molecule has 0 saturated heterocycles. The maximum atomic E-state index is 12.9. The normalized spacial score (nSPS) is 32.5. The lowest BCUT2D eigenvalue weighted by Crippen LogP contribution is -2.44. The number of carbonyl (C=O) groups is 3. The molecule has 2 unspecified atom stereocenters. The van der Waals surface area contributed by atoms with E-state index in [1.165, 1.54) is 25.7 Å². The highest BCUT2D eigenvalue weighted by Gasteiger charge is 2.56. The predicted molar refractivity (Wildman–Crippen MR) is 122 cm³/mol. The summed E-state index contributed by atoms with van der Waals surface area (Å²) in [4.78, 5) is 37.9. The summed E-state index contributed by atoms with van der Waals surface area (Å²) in [5.74, 6) is 2.16. The van der Waals surface area contributed by atoms with Crippen molar-refractivity contribution in [2.24, 2.45) is 35.5 Å². The quantitative estimate of drug-likeness (QED) is 0.474. The van der Waals surface area contributed by atoms with Gasteiger partial charge in [0.05, 0.1) is 12.5 Å². The Balaban J connectivity index is 1.17. The van der Waals surface area contributed by atoms with Crippen LogP contribution in [0.3, 0.4) is 0 Å². The van der Waals surface area contributed by atoms with Crippen LogP contribution in [-0.4, -0.2) is 30.5 Å². The van der Waals surface area contributed by atoms with E-state index in [1.807, 2.05) is 12.1 Å². The summed E-state index contributed by atoms with van der Waals surface area (Å²) in [5.41, 5.74) is 0.890. The van der Waals surface area contributed by atoms with Gasteiger partial charge in [-0.1, -0.05) is 37.8 Å². The van der Waals surface area contributed by atoms with Crippen LogP contribution in [0, 0.1) is 35.5 Å². The van der Waals surface area contributed by atoms with Crippen molar-refractivity contribution in [2.75, 3.05) is 6.61 Å². The van der Waals surface area contributed by atoms with Gasteiger partial charge in [-0.15, -0.1) is 0 Å². The number of rotatable bonds is 8. The largest absolute Gasteiger partial charge is 0.464 e. The second kappa shape index (κ2) is 9.47. The minimum atomic E-state index is -0.705. The fraction of sp³-hybridized carbons (Fsp3) is 0.667. The van der Waals surface area contributed by atoms with Gasteiger partial charge in [-0.05, 0) is 74.0 Å². The zero-order valence-electron chi connectivity index (χ0n) is 19.5. The lowest BCUT2D eigenvalue weighted by molar-refractivity contribution is -0.147. The summed E-state index contributed by atoms with van der Waals surface area (Å²) >= 11 is 0. The molecule has 4 fully saturated rings. The van der Waals surface area contributed by atoms with Gasteiger partial charge in [0.25, 0.3) is 0 Å². The number of esters is 2. The van der Waals surface area contributed by atoms with E-state index in [0.717, 1.165) is 31.2 Å². The Morgan fingerprint density at radius 3 is 1.97 bits per heavy atom. The average Bonchev–Trinajstić information content (AvgIpc) is 3.72. The van der Waals surface area contributed by atoms with Crippen LogP contribution in [0.1, 0.15) is 63.9 Å². The van der Waals surface area contributed by atoms with Crippen molar-refractivity contribution >= 4 is 17.8 Å². The summed E-state index contributed by atoms with van der Waals surface area (Å²) in [7, 11) is 0. The molecule has 1 amide bonds. The maximum absolute atomic E-state index is 12.9. The van der Waals surface area contributed by atoms with Gasteiger partial charge in [0.15, 0.2) is 0 Å². The summed E-state index contributed by atoms with van der Waals surface area (Å²) < 4.78 is 10.9. The van der Waals surface area contributed by atoms with Gasteiger partial charge < -0.3 is 14.8 Å². The third-order valence-electron chi connectivity index (χ3n) is 8.36. The van der Waals surface area contributed by atoms with Gasteiger partial charge in [0.1, 0.15) is 11.8 Å². The van der Waals surface area contributed by atoms with Crippen molar-refractivity contribution in [2.45, 2.75) is 70.8 Å². The SMILES string of the molecule is CCOC(=O)[C@@H](Cc1ccc(OC(=O)C2[C@H]3CCCC[C@@H]23)cc1)NC(=O)C1[C@H]2CCCC[C@@H]12. The summed E-state index contributed by atoms with van der Waals surface area (Å²) in [5, 5.41) is 2.97. The third kappa shape index (κ3) is 4.80. The second-order valence-electron chi connectivity index (χ2n) is 10.4. The Hall–Kier alpha value is -2.37. The van der Waals surface area contributed by atoms with Crippen LogP contribution in [0.15, 0.2) is 24.3 Å². The van der Waals surface area contributed by atoms with Crippen LogP contribution in [0.2, 0.25) is 0 Å². The van der Waals surface area contributed by atoms with Gasteiger partial charge >= 0.3 is 11.9 Å². The molecule has 178 valence electrons. The Kier molecular flexibility index (Phi) is 6.44. The van der Waals surface area contributed by atoms with Gasteiger partial charge in [0, 0.05) is 12.3 Å². The second-order valence-corrected chi connectivity index (χ2v) is 10.4. The molecule has 4 aliphatic rings. The number of benzene rings is 1. The molecule has 4 aliphatic carbocycles. The van der Waals surface area contributed by atoms with Crippen molar-refractivity contribution in [3.05, 3.63) is 29.8 Å². The number of amides is 1. The molecule has 5 rings (SSSR count). The lowest BCUT2D eigenvalue weighted by atomic mass is 10.0. The molecule has 7 atom stereocenters. The maximum Gasteiger partial charge on any atom is 0.328 e. The number of fused-ring (bicyclic) bond motifs is 2. The molecule has 0 bridgehead atoms. The fourth-order valence-electron chi connectivity index (χ4n) is 6.54. The number of hydrogen-bond acceptors (Lipinski definition) is 5. The van der Waals surface area contributed by atoms with Crippen LogP contribution < -0.4 is 10.1 Å². The van der Waals surface area contributed by atoms with Crippen LogP contribution in [0.4, 0.5) is 0 Å². The standard InChI is InChI=1S/C27H35NO5/c1-2-32-26(30)22(28-25(29)23-18-7-3-4-8-19(18)23)15-16-11-13-17(14-12-16)33-27(31)24-20-9-5-6-10-21(20)24/h11-14,18-24H,2-10,15H2,1H3,(H,28,29)/t18-,19+,20-,21+,22-,23?,24?/m1/s1. The zero-order chi connectivity index (χ0) is 22.9. The minimum absolute atomic E-state index is 0.0126. The number of ether oxygens (including phenoxy) is 2. The molecule has 4 saturated carbocycles. The number of carbonyl (C=O) groups excluding carboxylic acids is 3. The minimum Gasteiger partial charge on any atom is -0.464 e. The highest BCUT2D eigenvalue weighted by Crippen LogP contribution is 2.56. The van der Waals surface area contributed by atoms with E-state index < -0.39 is 12.0 Å². The van der Waals surface area contributed by atoms with Gasteiger partial charge in [-0.25, -0.2) is 4.79 Å². The molecule has 0 radical (unpaired) electrons. The van der Waals surface area contributed by atoms with Crippen LogP contribution in [0.25, 0.3) is 0 Å². The predicted octanol–water partition coefficient (Wildman–Crippen LogP) is 4.05. The van der Waals surface area contributed by atoms with E-state index >= 15 is 0 Å². The Morgan fingerprint density at radius 1 is 0.879 bits per heavy atom. The number of hydrogen-bond donors (Lipinski definition) is 1. The van der Waals surface area contributed by atoms with Crippen molar-refractivity contribution in [1.82, 2.24) is 5.32 Å². The first-order valence-corrected chi connectivity index (χ1v) is 12.8. The first-order chi connectivity index (χ1) is 16.1. The Bertz CT molecular complexity index is 872. The van der Waals surface area contributed by atoms with Crippen molar-refractivity contribution in [3.63, 3.8) is 0 Å². The molecule has 1 aromatic rings. The molecule has 1 aromatic carbocycles. The lowest BCUT2D eigenvalue weighted by Gasteiger charge is -2.18. The molecule has 33 heavy (non-hydrogen) atoms. The van der Waals surface area contributed by atoms with Gasteiger partial charge in [-0.2, -0.15) is 0 Å². The molecule has 0 heterocycles. The van der Waals surface area contributed by atoms with E-state index in [1.54, 1.807) is 19.1 Å². The Morgan fingerprint density at radius 2 is 1.42 bits per heavy atom. The highest BCUT2D eigenvalue weighted by molar-refractivity contribution is 5.88. The first kappa shape index (κ1) is 22.4. The molecule has 6 nitrogen and oxygen atoms in total. The summed E-state index contributed by atoms with van der Waals surface area (Å²) in [6.45, 7) is 2.04. The van der Waals surface area contributed by atoms with Crippen LogP contribution in [-0.2, 0) is 25.5 Å². The molecule has 0 spiro atoms. The average molecular weight is 454 g/mol.